The molecular weight excluding hydrogens is 506 g/mol. The predicted molar refractivity (Wildman–Crippen MR) is 136 cm³/mol. The van der Waals surface area contributed by atoms with Crippen molar-refractivity contribution in [1.82, 2.24) is 5.32 Å². The number of benzene rings is 2. The second-order valence-corrected chi connectivity index (χ2v) is 9.71. The van der Waals surface area contributed by atoms with Crippen LogP contribution >= 0.6 is 0 Å². The Bertz CT molecular complexity index is 1340. The van der Waals surface area contributed by atoms with E-state index in [1.807, 2.05) is 0 Å². The van der Waals surface area contributed by atoms with E-state index in [4.69, 9.17) is 18.9 Å². The molecule has 0 aromatic heterocycles. The van der Waals surface area contributed by atoms with Crippen LogP contribution in [0.5, 0.6) is 11.5 Å². The molecule has 10 nitrogen and oxygen atoms in total. The molecule has 204 valence electrons. The molecule has 0 radical (unpaired) electrons. The molecule has 2 saturated heterocycles. The van der Waals surface area contributed by atoms with E-state index < -0.39 is 35.3 Å². The minimum atomic E-state index is -0.632. The quantitative estimate of drug-likeness (QED) is 0.373. The number of nitrogens with one attached hydrogen (secondary N) is 1. The lowest BCUT2D eigenvalue weighted by Crippen LogP contribution is -2.31. The molecule has 0 bridgehead atoms. The summed E-state index contributed by atoms with van der Waals surface area (Å²) in [5, 5.41) is 2.66. The van der Waals surface area contributed by atoms with E-state index in [-0.39, 0.29) is 45.2 Å². The predicted octanol–water partition coefficient (Wildman–Crippen LogP) is 2.88. The summed E-state index contributed by atoms with van der Waals surface area (Å²) in [4.78, 5) is 66.2. The maximum Gasteiger partial charge on any atom is 0.314 e. The van der Waals surface area contributed by atoms with E-state index in [2.05, 4.69) is 5.32 Å². The number of esters is 2. The van der Waals surface area contributed by atoms with Gasteiger partial charge in [0.2, 0.25) is 5.78 Å². The van der Waals surface area contributed by atoms with Crippen molar-refractivity contribution in [3.05, 3.63) is 58.1 Å². The molecule has 10 heteroatoms. The maximum absolute atomic E-state index is 13.9. The van der Waals surface area contributed by atoms with Gasteiger partial charge in [-0.1, -0.05) is 12.1 Å². The molecule has 2 aromatic carbocycles. The minimum absolute atomic E-state index is 0.0394. The molecule has 0 unspecified atom stereocenters. The van der Waals surface area contributed by atoms with Crippen LogP contribution in [0.15, 0.2) is 30.3 Å². The van der Waals surface area contributed by atoms with Crippen molar-refractivity contribution in [3.8, 4) is 11.5 Å². The Morgan fingerprint density at radius 1 is 0.795 bits per heavy atom. The van der Waals surface area contributed by atoms with E-state index in [1.165, 1.54) is 30.3 Å². The van der Waals surface area contributed by atoms with Crippen molar-refractivity contribution in [2.75, 3.05) is 33.0 Å². The van der Waals surface area contributed by atoms with Crippen LogP contribution in [0.25, 0.3) is 0 Å². The second-order valence-electron chi connectivity index (χ2n) is 9.71. The van der Waals surface area contributed by atoms with Gasteiger partial charge in [-0.05, 0) is 50.8 Å². The zero-order valence-electron chi connectivity index (χ0n) is 21.6. The van der Waals surface area contributed by atoms with Crippen LogP contribution in [0.3, 0.4) is 0 Å². The van der Waals surface area contributed by atoms with Crippen LogP contribution in [-0.4, -0.2) is 62.4 Å². The zero-order valence-corrected chi connectivity index (χ0v) is 21.6. The molecule has 3 aliphatic rings. The third kappa shape index (κ3) is 5.35. The molecular formula is C29H29NO9. The fourth-order valence-corrected chi connectivity index (χ4v) is 5.06. The van der Waals surface area contributed by atoms with Gasteiger partial charge in [0.1, 0.15) is 11.5 Å². The first-order chi connectivity index (χ1) is 18.9. The molecule has 0 atom stereocenters. The highest BCUT2D eigenvalue weighted by Crippen LogP contribution is 2.39. The lowest BCUT2D eigenvalue weighted by molar-refractivity contribution is -0.142. The molecule has 5 rings (SSSR count). The highest BCUT2D eigenvalue weighted by Gasteiger charge is 2.38. The Kier molecular flexibility index (Phi) is 7.85. The van der Waals surface area contributed by atoms with Gasteiger partial charge in [0, 0.05) is 49.7 Å². The SMILES string of the molecule is CCNC(=O)c1cc(OC(=O)C2CCOCC2)c2c(c1)C(=O)c1cccc(OC(=O)C3CCOCC3)c1C2=O. The molecule has 0 saturated carbocycles. The number of ether oxygens (including phenoxy) is 4. The number of carbonyl (C=O) groups excluding carboxylic acids is 5. The number of amides is 1. The Morgan fingerprint density at radius 3 is 1.95 bits per heavy atom. The van der Waals surface area contributed by atoms with Crippen molar-refractivity contribution < 1.29 is 42.9 Å². The third-order valence-electron chi connectivity index (χ3n) is 7.20. The standard InChI is InChI=1S/C29H29NO9/c1-2-30-27(33)18-14-20-24(22(15-18)39-29(35)17-8-12-37-13-9-17)26(32)23-19(25(20)31)4-3-5-21(23)38-28(34)16-6-10-36-11-7-16/h3-5,14-17H,2,6-13H2,1H3,(H,30,33). The highest BCUT2D eigenvalue weighted by atomic mass is 16.5. The highest BCUT2D eigenvalue weighted by molar-refractivity contribution is 6.31. The third-order valence-corrected chi connectivity index (χ3v) is 7.20. The van der Waals surface area contributed by atoms with Crippen LogP contribution in [-0.2, 0) is 19.1 Å². The van der Waals surface area contributed by atoms with Gasteiger partial charge in [-0.2, -0.15) is 0 Å². The Balaban J connectivity index is 1.55. The summed E-state index contributed by atoms with van der Waals surface area (Å²) in [6.45, 7) is 3.77. The molecule has 1 N–H and O–H groups in total. The van der Waals surface area contributed by atoms with Crippen molar-refractivity contribution in [1.29, 1.82) is 0 Å². The van der Waals surface area contributed by atoms with Crippen molar-refractivity contribution in [2.45, 2.75) is 32.6 Å². The summed E-state index contributed by atoms with van der Waals surface area (Å²) >= 11 is 0. The largest absolute Gasteiger partial charge is 0.426 e. The van der Waals surface area contributed by atoms with Gasteiger partial charge < -0.3 is 24.3 Å². The first-order valence-corrected chi connectivity index (χ1v) is 13.2. The van der Waals surface area contributed by atoms with Crippen LogP contribution in [0.4, 0.5) is 0 Å². The summed E-state index contributed by atoms with van der Waals surface area (Å²) in [5.41, 5.74) is -0.157. The molecule has 2 aromatic rings. The van der Waals surface area contributed by atoms with Crippen LogP contribution in [0.1, 0.15) is 74.8 Å². The second kappa shape index (κ2) is 11.5. The number of hydrogen-bond donors (Lipinski definition) is 1. The van der Waals surface area contributed by atoms with Gasteiger partial charge in [-0.25, -0.2) is 0 Å². The average molecular weight is 536 g/mol. The van der Waals surface area contributed by atoms with Crippen molar-refractivity contribution >= 4 is 29.4 Å². The first-order valence-electron chi connectivity index (χ1n) is 13.2. The molecule has 2 fully saturated rings. The normalized spacial score (nSPS) is 17.7. The minimum Gasteiger partial charge on any atom is -0.426 e. The lowest BCUT2D eigenvalue weighted by Gasteiger charge is -2.25. The van der Waals surface area contributed by atoms with Crippen LogP contribution < -0.4 is 14.8 Å². The molecule has 39 heavy (non-hydrogen) atoms. The first kappa shape index (κ1) is 26.7. The average Bonchev–Trinajstić information content (AvgIpc) is 2.96. The molecule has 1 amide bonds. The van der Waals surface area contributed by atoms with Crippen LogP contribution in [0, 0.1) is 11.8 Å². The van der Waals surface area contributed by atoms with Crippen molar-refractivity contribution in [2.24, 2.45) is 11.8 Å². The fourth-order valence-electron chi connectivity index (χ4n) is 5.06. The molecule has 2 aliphatic heterocycles. The number of hydrogen-bond acceptors (Lipinski definition) is 9. The summed E-state index contributed by atoms with van der Waals surface area (Å²) in [7, 11) is 0. The fraction of sp³-hybridized carbons (Fsp3) is 0.414. The Labute approximate surface area is 224 Å². The zero-order chi connectivity index (χ0) is 27.5. The van der Waals surface area contributed by atoms with Gasteiger partial charge in [-0.15, -0.1) is 0 Å². The monoisotopic (exact) mass is 535 g/mol. The summed E-state index contributed by atoms with van der Waals surface area (Å²) in [6, 6.07) is 7.09. The smallest absolute Gasteiger partial charge is 0.314 e. The summed E-state index contributed by atoms with van der Waals surface area (Å²) in [6.07, 6.45) is 1.91. The summed E-state index contributed by atoms with van der Waals surface area (Å²) < 4.78 is 22.0. The Morgan fingerprint density at radius 2 is 1.36 bits per heavy atom. The van der Waals surface area contributed by atoms with E-state index in [1.54, 1.807) is 6.92 Å². The van der Waals surface area contributed by atoms with Gasteiger partial charge >= 0.3 is 11.9 Å². The Hall–Kier alpha value is -3.89. The number of rotatable bonds is 6. The maximum atomic E-state index is 13.9. The summed E-state index contributed by atoms with van der Waals surface area (Å²) in [5.74, 6) is -3.78. The van der Waals surface area contributed by atoms with Crippen LogP contribution in [0.2, 0.25) is 0 Å². The van der Waals surface area contributed by atoms with Crippen molar-refractivity contribution in [3.63, 3.8) is 0 Å². The van der Waals surface area contributed by atoms with Gasteiger partial charge in [0.15, 0.2) is 5.78 Å². The van der Waals surface area contributed by atoms with Gasteiger partial charge in [0.25, 0.3) is 5.91 Å². The number of fused-ring (bicyclic) bond motifs is 2. The molecule has 1 aliphatic carbocycles. The van der Waals surface area contributed by atoms with E-state index in [9.17, 15) is 24.0 Å². The van der Waals surface area contributed by atoms with Gasteiger partial charge in [-0.3, -0.25) is 24.0 Å². The van der Waals surface area contributed by atoms with E-state index in [0.717, 1.165) is 0 Å². The van der Waals surface area contributed by atoms with E-state index in [0.29, 0.717) is 58.7 Å². The topological polar surface area (TPSA) is 134 Å². The van der Waals surface area contributed by atoms with Gasteiger partial charge in [0.05, 0.1) is 23.0 Å². The van der Waals surface area contributed by atoms with E-state index >= 15 is 0 Å². The molecule has 2 heterocycles. The number of ketones is 2. The molecule has 0 spiro atoms. The lowest BCUT2D eigenvalue weighted by atomic mass is 9.82. The number of carbonyl (C=O) groups is 5.